The van der Waals surface area contributed by atoms with Gasteiger partial charge in [-0.15, -0.1) is 0 Å². The molecule has 0 bridgehead atoms. The average Bonchev–Trinajstić information content (AvgIpc) is 2.17. The third-order valence-electron chi connectivity index (χ3n) is 2.22. The van der Waals surface area contributed by atoms with E-state index in [2.05, 4.69) is 0 Å². The van der Waals surface area contributed by atoms with E-state index in [4.69, 9.17) is 24.8 Å². The molecule has 3 N–H and O–H groups in total. The zero-order valence-corrected chi connectivity index (χ0v) is 6.77. The molecule has 0 spiro atoms. The van der Waals surface area contributed by atoms with Crippen LogP contribution in [0.25, 0.3) is 0 Å². The minimum atomic E-state index is -0.854. The summed E-state index contributed by atoms with van der Waals surface area (Å²) in [5.41, 5.74) is -0.854. The van der Waals surface area contributed by atoms with Gasteiger partial charge in [0, 0.05) is 0 Å². The van der Waals surface area contributed by atoms with E-state index < -0.39 is 11.5 Å². The molecule has 1 aliphatic rings. The predicted octanol–water partition coefficient (Wildman–Crippen LogP) is -1.68. The molecular weight excluding hydrogens is 164 g/mol. The van der Waals surface area contributed by atoms with Crippen LogP contribution in [-0.2, 0) is 9.47 Å². The number of ether oxygens (including phenoxy) is 2. The Morgan fingerprint density at radius 1 is 1.25 bits per heavy atom. The first-order chi connectivity index (χ1) is 5.79. The highest BCUT2D eigenvalue weighted by molar-refractivity contribution is 4.87. The highest BCUT2D eigenvalue weighted by atomic mass is 16.7. The summed E-state index contributed by atoms with van der Waals surface area (Å²) in [5.74, 6) is 0. The zero-order valence-electron chi connectivity index (χ0n) is 6.77. The molecule has 1 heterocycles. The van der Waals surface area contributed by atoms with Gasteiger partial charge in [-0.1, -0.05) is 0 Å². The van der Waals surface area contributed by atoms with E-state index >= 15 is 0 Å². The molecule has 5 nitrogen and oxygen atoms in total. The number of rotatable bonds is 3. The van der Waals surface area contributed by atoms with Gasteiger partial charge in [0.15, 0.2) is 0 Å². The SMILES string of the molecule is OCC1OCOCC1(CO)CO. The summed E-state index contributed by atoms with van der Waals surface area (Å²) >= 11 is 0. The van der Waals surface area contributed by atoms with Crippen molar-refractivity contribution in [2.24, 2.45) is 5.41 Å². The van der Waals surface area contributed by atoms with E-state index in [1.807, 2.05) is 0 Å². The van der Waals surface area contributed by atoms with Crippen LogP contribution >= 0.6 is 0 Å². The van der Waals surface area contributed by atoms with E-state index in [0.29, 0.717) is 0 Å². The molecule has 0 saturated carbocycles. The molecule has 1 atom stereocenters. The molecule has 0 radical (unpaired) electrons. The molecule has 0 aliphatic carbocycles. The molecule has 1 saturated heterocycles. The standard InChI is InChI=1S/C7H14O5/c8-1-6-7(2-9,3-10)4-11-5-12-6/h6,8-10H,1-5H2. The molecule has 1 aliphatic heterocycles. The van der Waals surface area contributed by atoms with Crippen LogP contribution in [0.1, 0.15) is 0 Å². The predicted molar refractivity (Wildman–Crippen MR) is 39.4 cm³/mol. The quantitative estimate of drug-likeness (QED) is 0.481. The lowest BCUT2D eigenvalue weighted by atomic mass is 9.84. The lowest BCUT2D eigenvalue weighted by Gasteiger charge is -2.39. The van der Waals surface area contributed by atoms with Crippen molar-refractivity contribution in [3.05, 3.63) is 0 Å². The first-order valence-electron chi connectivity index (χ1n) is 3.81. The van der Waals surface area contributed by atoms with Crippen LogP contribution in [0.3, 0.4) is 0 Å². The molecule has 0 aromatic carbocycles. The van der Waals surface area contributed by atoms with Crippen molar-refractivity contribution in [3.63, 3.8) is 0 Å². The number of aliphatic hydroxyl groups is 3. The maximum absolute atomic E-state index is 9.01. The average molecular weight is 178 g/mol. The van der Waals surface area contributed by atoms with Gasteiger partial charge in [-0.3, -0.25) is 0 Å². The van der Waals surface area contributed by atoms with Crippen LogP contribution in [0.4, 0.5) is 0 Å². The third-order valence-corrected chi connectivity index (χ3v) is 2.22. The van der Waals surface area contributed by atoms with E-state index in [0.717, 1.165) is 0 Å². The molecule has 1 unspecified atom stereocenters. The second-order valence-electron chi connectivity index (χ2n) is 2.98. The van der Waals surface area contributed by atoms with E-state index in [9.17, 15) is 0 Å². The number of hydrogen-bond acceptors (Lipinski definition) is 5. The lowest BCUT2D eigenvalue weighted by Crippen LogP contribution is -2.52. The fourth-order valence-corrected chi connectivity index (χ4v) is 1.24. The van der Waals surface area contributed by atoms with Crippen molar-refractivity contribution in [2.75, 3.05) is 33.2 Å². The van der Waals surface area contributed by atoms with Crippen molar-refractivity contribution in [2.45, 2.75) is 6.10 Å². The van der Waals surface area contributed by atoms with Crippen LogP contribution < -0.4 is 0 Å². The molecule has 72 valence electrons. The van der Waals surface area contributed by atoms with Crippen molar-refractivity contribution < 1.29 is 24.8 Å². The second-order valence-corrected chi connectivity index (χ2v) is 2.98. The number of aliphatic hydroxyl groups excluding tert-OH is 3. The Labute approximate surface area is 70.5 Å². The minimum Gasteiger partial charge on any atom is -0.396 e. The van der Waals surface area contributed by atoms with Crippen molar-refractivity contribution >= 4 is 0 Å². The first kappa shape index (κ1) is 9.88. The summed E-state index contributed by atoms with van der Waals surface area (Å²) in [6.07, 6.45) is -0.541. The van der Waals surface area contributed by atoms with Crippen LogP contribution in [-0.4, -0.2) is 54.6 Å². The van der Waals surface area contributed by atoms with Gasteiger partial charge in [-0.2, -0.15) is 0 Å². The van der Waals surface area contributed by atoms with Crippen molar-refractivity contribution in [3.8, 4) is 0 Å². The van der Waals surface area contributed by atoms with Crippen molar-refractivity contribution in [1.29, 1.82) is 0 Å². The second kappa shape index (κ2) is 4.15. The van der Waals surface area contributed by atoms with E-state index in [1.54, 1.807) is 0 Å². The largest absolute Gasteiger partial charge is 0.396 e. The van der Waals surface area contributed by atoms with Crippen LogP contribution in [0.5, 0.6) is 0 Å². The molecule has 0 aromatic rings. The van der Waals surface area contributed by atoms with E-state index in [-0.39, 0.29) is 33.2 Å². The normalized spacial score (nSPS) is 28.8. The smallest absolute Gasteiger partial charge is 0.147 e. The van der Waals surface area contributed by atoms with Gasteiger partial charge >= 0.3 is 0 Å². The summed E-state index contributed by atoms with van der Waals surface area (Å²) in [5, 5.41) is 26.9. The topological polar surface area (TPSA) is 79.2 Å². The summed E-state index contributed by atoms with van der Waals surface area (Å²) < 4.78 is 9.98. The van der Waals surface area contributed by atoms with Crippen LogP contribution in [0.2, 0.25) is 0 Å². The van der Waals surface area contributed by atoms with Gasteiger partial charge in [-0.25, -0.2) is 0 Å². The monoisotopic (exact) mass is 178 g/mol. The maximum Gasteiger partial charge on any atom is 0.147 e. The molecule has 12 heavy (non-hydrogen) atoms. The summed E-state index contributed by atoms with van der Waals surface area (Å²) in [6.45, 7) is -0.411. The Morgan fingerprint density at radius 3 is 2.33 bits per heavy atom. The highest BCUT2D eigenvalue weighted by Crippen LogP contribution is 2.27. The minimum absolute atomic E-state index is 0.104. The number of hydrogen-bond donors (Lipinski definition) is 3. The van der Waals surface area contributed by atoms with Gasteiger partial charge in [0.1, 0.15) is 6.79 Å². The Hall–Kier alpha value is -0.200. The molecule has 1 rings (SSSR count). The summed E-state index contributed by atoms with van der Waals surface area (Å²) in [4.78, 5) is 0. The van der Waals surface area contributed by atoms with Crippen LogP contribution in [0, 0.1) is 5.41 Å². The third kappa shape index (κ3) is 1.60. The Kier molecular flexibility index (Phi) is 3.42. The lowest BCUT2D eigenvalue weighted by molar-refractivity contribution is -0.238. The Morgan fingerprint density at radius 2 is 1.92 bits per heavy atom. The van der Waals surface area contributed by atoms with Crippen molar-refractivity contribution in [1.82, 2.24) is 0 Å². The Bertz CT molecular complexity index is 134. The zero-order chi connectivity index (χ0) is 9.03. The van der Waals surface area contributed by atoms with Gasteiger partial charge < -0.3 is 24.8 Å². The maximum atomic E-state index is 9.01. The van der Waals surface area contributed by atoms with Gasteiger partial charge in [0.05, 0.1) is 37.9 Å². The molecule has 1 fully saturated rings. The molecular formula is C7H14O5. The highest BCUT2D eigenvalue weighted by Gasteiger charge is 2.41. The fourth-order valence-electron chi connectivity index (χ4n) is 1.24. The first-order valence-corrected chi connectivity index (χ1v) is 3.81. The molecule has 5 heteroatoms. The summed E-state index contributed by atoms with van der Waals surface area (Å²) in [6, 6.07) is 0. The van der Waals surface area contributed by atoms with Gasteiger partial charge in [-0.05, 0) is 0 Å². The molecule has 0 aromatic heterocycles. The van der Waals surface area contributed by atoms with Gasteiger partial charge in [0.2, 0.25) is 0 Å². The van der Waals surface area contributed by atoms with E-state index in [1.165, 1.54) is 0 Å². The molecule has 0 amide bonds. The van der Waals surface area contributed by atoms with Crippen LogP contribution in [0.15, 0.2) is 0 Å². The Balaban J connectivity index is 2.66. The summed E-state index contributed by atoms with van der Waals surface area (Å²) in [7, 11) is 0. The van der Waals surface area contributed by atoms with Gasteiger partial charge in [0.25, 0.3) is 0 Å². The fraction of sp³-hybridized carbons (Fsp3) is 1.00.